The molecule has 0 radical (unpaired) electrons. The molecule has 1 saturated carbocycles. The molecule has 1 aromatic carbocycles. The zero-order valence-corrected chi connectivity index (χ0v) is 13.5. The van der Waals surface area contributed by atoms with E-state index in [1.54, 1.807) is 0 Å². The van der Waals surface area contributed by atoms with Crippen LogP contribution in [0.3, 0.4) is 0 Å². The van der Waals surface area contributed by atoms with E-state index in [2.05, 4.69) is 5.32 Å². The number of nitrogens with one attached hydrogen (secondary N) is 1. The summed E-state index contributed by atoms with van der Waals surface area (Å²) >= 11 is 0. The van der Waals surface area contributed by atoms with Crippen molar-refractivity contribution < 1.29 is 9.59 Å². The van der Waals surface area contributed by atoms with Gasteiger partial charge >= 0.3 is 0 Å². The van der Waals surface area contributed by atoms with Crippen LogP contribution in [0.15, 0.2) is 30.3 Å². The second-order valence-corrected chi connectivity index (χ2v) is 6.27. The molecule has 1 aliphatic carbocycles. The fourth-order valence-corrected chi connectivity index (χ4v) is 2.42. The Balaban J connectivity index is 1.75. The molecule has 1 aliphatic rings. The van der Waals surface area contributed by atoms with Crippen LogP contribution in [0, 0.1) is 5.92 Å². The number of benzene rings is 1. The van der Waals surface area contributed by atoms with Crippen LogP contribution in [-0.4, -0.2) is 29.3 Å². The van der Waals surface area contributed by atoms with Gasteiger partial charge in [0.2, 0.25) is 11.8 Å². The second-order valence-electron chi connectivity index (χ2n) is 6.27. The van der Waals surface area contributed by atoms with E-state index in [9.17, 15) is 9.59 Å². The lowest BCUT2D eigenvalue weighted by molar-refractivity contribution is -0.133. The van der Waals surface area contributed by atoms with E-state index in [4.69, 9.17) is 0 Å². The van der Waals surface area contributed by atoms with Gasteiger partial charge in [0.15, 0.2) is 0 Å². The molecular formula is C18H26N2O2. The molecule has 1 N–H and O–H groups in total. The number of carbonyl (C=O) groups excluding carboxylic acids is 2. The molecule has 0 aromatic heterocycles. The Hall–Kier alpha value is -1.84. The molecule has 2 amide bonds. The summed E-state index contributed by atoms with van der Waals surface area (Å²) in [6.45, 7) is 5.32. The maximum atomic E-state index is 12.4. The topological polar surface area (TPSA) is 49.4 Å². The first-order chi connectivity index (χ1) is 10.6. The van der Waals surface area contributed by atoms with Gasteiger partial charge in [-0.15, -0.1) is 0 Å². The Morgan fingerprint density at radius 2 is 1.91 bits per heavy atom. The van der Waals surface area contributed by atoms with Crippen molar-refractivity contribution in [2.45, 2.75) is 52.1 Å². The quantitative estimate of drug-likeness (QED) is 0.751. The van der Waals surface area contributed by atoms with Crippen molar-refractivity contribution in [3.8, 4) is 0 Å². The summed E-state index contributed by atoms with van der Waals surface area (Å²) in [6.07, 6.45) is 3.22. The summed E-state index contributed by atoms with van der Waals surface area (Å²) in [5, 5.41) is 2.91. The van der Waals surface area contributed by atoms with Gasteiger partial charge in [0, 0.05) is 31.5 Å². The third-order valence-corrected chi connectivity index (χ3v) is 3.95. The molecule has 120 valence electrons. The summed E-state index contributed by atoms with van der Waals surface area (Å²) in [6, 6.07) is 10.2. The zero-order chi connectivity index (χ0) is 15.9. The van der Waals surface area contributed by atoms with Crippen molar-refractivity contribution in [1.29, 1.82) is 0 Å². The predicted octanol–water partition coefficient (Wildman–Crippen LogP) is 2.73. The van der Waals surface area contributed by atoms with E-state index < -0.39 is 0 Å². The number of carbonyl (C=O) groups is 2. The zero-order valence-electron chi connectivity index (χ0n) is 13.5. The smallest absolute Gasteiger partial charge is 0.223 e. The van der Waals surface area contributed by atoms with E-state index in [-0.39, 0.29) is 23.8 Å². The van der Waals surface area contributed by atoms with Crippen LogP contribution in [0.4, 0.5) is 0 Å². The summed E-state index contributed by atoms with van der Waals surface area (Å²) < 4.78 is 0. The highest BCUT2D eigenvalue weighted by Gasteiger charge is 2.29. The molecular weight excluding hydrogens is 276 g/mol. The molecule has 0 heterocycles. The third kappa shape index (κ3) is 5.17. The lowest BCUT2D eigenvalue weighted by Gasteiger charge is -2.27. The van der Waals surface area contributed by atoms with E-state index in [1.807, 2.05) is 49.1 Å². The Morgan fingerprint density at radius 1 is 1.23 bits per heavy atom. The SMILES string of the molecule is CC(C)N(Cc1ccccc1)C(=O)CCCNC(=O)C1CC1. The maximum Gasteiger partial charge on any atom is 0.223 e. The van der Waals surface area contributed by atoms with Crippen LogP contribution in [0.5, 0.6) is 0 Å². The Labute approximate surface area is 132 Å². The van der Waals surface area contributed by atoms with Crippen molar-refractivity contribution in [1.82, 2.24) is 10.2 Å². The van der Waals surface area contributed by atoms with Crippen molar-refractivity contribution in [3.05, 3.63) is 35.9 Å². The summed E-state index contributed by atoms with van der Waals surface area (Å²) in [4.78, 5) is 25.8. The van der Waals surface area contributed by atoms with Gasteiger partial charge in [-0.3, -0.25) is 9.59 Å². The van der Waals surface area contributed by atoms with Crippen LogP contribution < -0.4 is 5.32 Å². The van der Waals surface area contributed by atoms with E-state index in [0.29, 0.717) is 25.9 Å². The first kappa shape index (κ1) is 16.5. The van der Waals surface area contributed by atoms with Gasteiger partial charge in [0.25, 0.3) is 0 Å². The fourth-order valence-electron chi connectivity index (χ4n) is 2.42. The lowest BCUT2D eigenvalue weighted by atomic mass is 10.1. The van der Waals surface area contributed by atoms with Gasteiger partial charge < -0.3 is 10.2 Å². The maximum absolute atomic E-state index is 12.4. The van der Waals surface area contributed by atoms with Crippen LogP contribution in [0.2, 0.25) is 0 Å². The van der Waals surface area contributed by atoms with Gasteiger partial charge in [-0.2, -0.15) is 0 Å². The van der Waals surface area contributed by atoms with Crippen molar-refractivity contribution in [2.75, 3.05) is 6.54 Å². The summed E-state index contributed by atoms with van der Waals surface area (Å²) in [5.41, 5.74) is 1.14. The molecule has 4 heteroatoms. The van der Waals surface area contributed by atoms with Crippen molar-refractivity contribution >= 4 is 11.8 Å². The van der Waals surface area contributed by atoms with Gasteiger partial charge in [0.05, 0.1) is 0 Å². The van der Waals surface area contributed by atoms with Crippen molar-refractivity contribution in [3.63, 3.8) is 0 Å². The lowest BCUT2D eigenvalue weighted by Crippen LogP contribution is -2.36. The average Bonchev–Trinajstić information content (AvgIpc) is 3.34. The normalized spacial score (nSPS) is 14.0. The fraction of sp³-hybridized carbons (Fsp3) is 0.556. The van der Waals surface area contributed by atoms with Gasteiger partial charge in [0.1, 0.15) is 0 Å². The molecule has 0 saturated heterocycles. The van der Waals surface area contributed by atoms with Gasteiger partial charge in [-0.05, 0) is 38.7 Å². The molecule has 1 aromatic rings. The largest absolute Gasteiger partial charge is 0.356 e. The summed E-state index contributed by atoms with van der Waals surface area (Å²) in [7, 11) is 0. The molecule has 0 unspecified atom stereocenters. The number of rotatable bonds is 8. The number of nitrogens with zero attached hydrogens (tertiary/aromatic N) is 1. The first-order valence-electron chi connectivity index (χ1n) is 8.19. The first-order valence-corrected chi connectivity index (χ1v) is 8.19. The van der Waals surface area contributed by atoms with Crippen molar-refractivity contribution in [2.24, 2.45) is 5.92 Å². The van der Waals surface area contributed by atoms with Crippen LogP contribution >= 0.6 is 0 Å². The molecule has 0 bridgehead atoms. The number of amides is 2. The highest BCUT2D eigenvalue weighted by Crippen LogP contribution is 2.28. The minimum Gasteiger partial charge on any atom is -0.356 e. The van der Waals surface area contributed by atoms with Gasteiger partial charge in [-0.25, -0.2) is 0 Å². The molecule has 1 fully saturated rings. The Kier molecular flexibility index (Phi) is 5.99. The monoisotopic (exact) mass is 302 g/mol. The highest BCUT2D eigenvalue weighted by molar-refractivity contribution is 5.81. The van der Waals surface area contributed by atoms with E-state index >= 15 is 0 Å². The number of hydrogen-bond acceptors (Lipinski definition) is 2. The predicted molar refractivity (Wildman–Crippen MR) is 87.1 cm³/mol. The van der Waals surface area contributed by atoms with Crippen LogP contribution in [0.25, 0.3) is 0 Å². The summed E-state index contributed by atoms with van der Waals surface area (Å²) in [5.74, 6) is 0.540. The molecule has 4 nitrogen and oxygen atoms in total. The van der Waals surface area contributed by atoms with E-state index in [1.165, 1.54) is 0 Å². The van der Waals surface area contributed by atoms with Gasteiger partial charge in [-0.1, -0.05) is 30.3 Å². The van der Waals surface area contributed by atoms with Crippen LogP contribution in [-0.2, 0) is 16.1 Å². The Morgan fingerprint density at radius 3 is 2.50 bits per heavy atom. The standard InChI is InChI=1S/C18H26N2O2/c1-14(2)20(13-15-7-4-3-5-8-15)17(21)9-6-12-19-18(22)16-10-11-16/h3-5,7-8,14,16H,6,9-13H2,1-2H3,(H,19,22). The molecule has 0 aliphatic heterocycles. The van der Waals surface area contributed by atoms with E-state index in [0.717, 1.165) is 18.4 Å². The Bertz CT molecular complexity index is 495. The molecule has 2 rings (SSSR count). The minimum atomic E-state index is 0.150. The molecule has 0 atom stereocenters. The minimum absolute atomic E-state index is 0.150. The van der Waals surface area contributed by atoms with Crippen LogP contribution in [0.1, 0.15) is 45.1 Å². The second kappa shape index (κ2) is 7.97. The average molecular weight is 302 g/mol. The third-order valence-electron chi connectivity index (χ3n) is 3.95. The highest BCUT2D eigenvalue weighted by atomic mass is 16.2. The number of hydrogen-bond donors (Lipinski definition) is 1. The molecule has 22 heavy (non-hydrogen) atoms. The molecule has 0 spiro atoms.